The van der Waals surface area contributed by atoms with E-state index < -0.39 is 11.9 Å². The van der Waals surface area contributed by atoms with Crippen LogP contribution in [0.4, 0.5) is 0 Å². The first-order valence-electron chi connectivity index (χ1n) is 16.8. The molecule has 0 saturated heterocycles. The predicted octanol–water partition coefficient (Wildman–Crippen LogP) is 10.7. The summed E-state index contributed by atoms with van der Waals surface area (Å²) in [5, 5.41) is 18.2. The van der Waals surface area contributed by atoms with Gasteiger partial charge in [-0.1, -0.05) is 107 Å². The molecule has 0 N–H and O–H groups in total. The molecule has 47 heavy (non-hydrogen) atoms. The minimum absolute atomic E-state index is 0.0144. The van der Waals surface area contributed by atoms with Crippen molar-refractivity contribution < 1.29 is 19.1 Å². The highest BCUT2D eigenvalue weighted by Gasteiger charge is 2.21. The van der Waals surface area contributed by atoms with Gasteiger partial charge in [0.15, 0.2) is 0 Å². The number of ether oxygens (including phenoxy) is 2. The fraction of sp³-hybridized carbons (Fsp3) is 0.400. The third-order valence-corrected chi connectivity index (χ3v) is 9.49. The van der Waals surface area contributed by atoms with E-state index in [0.717, 1.165) is 18.3 Å². The molecular weight excluding hydrogens is 608 g/mol. The van der Waals surface area contributed by atoms with Crippen LogP contribution in [0, 0.1) is 34.5 Å². The van der Waals surface area contributed by atoms with E-state index in [1.807, 2.05) is 24.3 Å². The standard InChI is InChI=1S/C40H43ClN2O4/c1-3-4-5-6-7-8-29-9-11-30(12-10-29)13-14-31-15-17-33(18-16-31)39(44)47-36-23-24-37(38(41)25-36)40(45)46-35-21-19-32(20-22-35)28(2)34(26-42)27-43/h15-25,29-30H,3-14H2,1-2H3. The normalized spacial score (nSPS) is 15.6. The number of allylic oxidation sites excluding steroid dienone is 2. The number of carbonyl (C=O) groups excluding carboxylic acids is 2. The van der Waals surface area contributed by atoms with Crippen molar-refractivity contribution >= 4 is 29.1 Å². The van der Waals surface area contributed by atoms with Crippen molar-refractivity contribution in [1.29, 1.82) is 10.5 Å². The lowest BCUT2D eigenvalue weighted by Gasteiger charge is -2.28. The fourth-order valence-corrected chi connectivity index (χ4v) is 6.43. The second-order valence-electron chi connectivity index (χ2n) is 12.5. The Hall–Kier alpha value is -4.39. The molecule has 0 radical (unpaired) electrons. The summed E-state index contributed by atoms with van der Waals surface area (Å²) < 4.78 is 11.0. The van der Waals surface area contributed by atoms with E-state index in [4.69, 9.17) is 31.6 Å². The van der Waals surface area contributed by atoms with Crippen LogP contribution in [0.3, 0.4) is 0 Å². The summed E-state index contributed by atoms with van der Waals surface area (Å²) in [7, 11) is 0. The van der Waals surface area contributed by atoms with Gasteiger partial charge in [-0.3, -0.25) is 0 Å². The minimum atomic E-state index is -0.677. The largest absolute Gasteiger partial charge is 0.423 e. The lowest BCUT2D eigenvalue weighted by molar-refractivity contribution is 0.0730. The maximum Gasteiger partial charge on any atom is 0.345 e. The van der Waals surface area contributed by atoms with E-state index in [1.54, 1.807) is 43.3 Å². The SMILES string of the molecule is CCCCCCCC1CCC(CCc2ccc(C(=O)Oc3ccc(C(=O)Oc4ccc(C(C)=C(C#N)C#N)cc4)c(Cl)c3)cc2)CC1. The predicted molar refractivity (Wildman–Crippen MR) is 185 cm³/mol. The van der Waals surface area contributed by atoms with E-state index in [2.05, 4.69) is 6.92 Å². The van der Waals surface area contributed by atoms with Crippen molar-refractivity contribution in [1.82, 2.24) is 0 Å². The summed E-state index contributed by atoms with van der Waals surface area (Å²) >= 11 is 6.36. The third kappa shape index (κ3) is 10.6. The summed E-state index contributed by atoms with van der Waals surface area (Å²) in [5.41, 5.74) is 2.99. The van der Waals surface area contributed by atoms with Gasteiger partial charge in [-0.15, -0.1) is 0 Å². The van der Waals surface area contributed by atoms with Crippen molar-refractivity contribution in [2.45, 2.75) is 90.9 Å². The first-order valence-corrected chi connectivity index (χ1v) is 17.1. The molecular formula is C40H43ClN2O4. The van der Waals surface area contributed by atoms with Crippen LogP contribution >= 0.6 is 11.6 Å². The molecule has 1 saturated carbocycles. The van der Waals surface area contributed by atoms with Gasteiger partial charge in [-0.2, -0.15) is 10.5 Å². The summed E-state index contributed by atoms with van der Waals surface area (Å²) in [5.74, 6) is 1.02. The number of unbranched alkanes of at least 4 members (excludes halogenated alkanes) is 4. The highest BCUT2D eigenvalue weighted by Crippen LogP contribution is 2.34. The van der Waals surface area contributed by atoms with Gasteiger partial charge in [0.05, 0.1) is 16.1 Å². The highest BCUT2D eigenvalue weighted by molar-refractivity contribution is 6.33. The number of benzene rings is 3. The van der Waals surface area contributed by atoms with E-state index in [1.165, 1.54) is 94.4 Å². The van der Waals surface area contributed by atoms with Crippen LogP contribution in [0.1, 0.15) is 116 Å². The van der Waals surface area contributed by atoms with Crippen molar-refractivity contribution in [2.24, 2.45) is 11.8 Å². The molecule has 0 atom stereocenters. The van der Waals surface area contributed by atoms with Crippen LogP contribution in [-0.2, 0) is 6.42 Å². The molecule has 3 aromatic carbocycles. The number of aryl methyl sites for hydroxylation is 1. The molecule has 0 unspecified atom stereocenters. The highest BCUT2D eigenvalue weighted by atomic mass is 35.5. The fourth-order valence-electron chi connectivity index (χ4n) is 6.19. The first kappa shape index (κ1) is 35.5. The van der Waals surface area contributed by atoms with Crippen LogP contribution in [0.5, 0.6) is 11.5 Å². The Labute approximate surface area is 284 Å². The zero-order valence-electron chi connectivity index (χ0n) is 27.4. The van der Waals surface area contributed by atoms with E-state index in [-0.39, 0.29) is 27.7 Å². The summed E-state index contributed by atoms with van der Waals surface area (Å²) in [6.07, 6.45) is 15.9. The van der Waals surface area contributed by atoms with E-state index in [0.29, 0.717) is 16.7 Å². The van der Waals surface area contributed by atoms with Crippen LogP contribution < -0.4 is 9.47 Å². The Kier molecular flexibility index (Phi) is 13.6. The maximum absolute atomic E-state index is 12.8. The Morgan fingerprint density at radius 1 is 0.745 bits per heavy atom. The molecule has 0 heterocycles. The van der Waals surface area contributed by atoms with E-state index in [9.17, 15) is 9.59 Å². The Morgan fingerprint density at radius 3 is 1.94 bits per heavy atom. The van der Waals surface area contributed by atoms with Crippen molar-refractivity contribution in [3.8, 4) is 23.6 Å². The molecule has 0 spiro atoms. The summed E-state index contributed by atoms with van der Waals surface area (Å²) in [6, 6.07) is 22.1. The van der Waals surface area contributed by atoms with Crippen LogP contribution in [0.25, 0.3) is 5.57 Å². The van der Waals surface area contributed by atoms with Gasteiger partial charge in [0.2, 0.25) is 0 Å². The second-order valence-corrected chi connectivity index (χ2v) is 12.9. The quantitative estimate of drug-likeness (QED) is 0.0744. The van der Waals surface area contributed by atoms with Gasteiger partial charge in [0, 0.05) is 6.07 Å². The van der Waals surface area contributed by atoms with Crippen molar-refractivity contribution in [2.75, 3.05) is 0 Å². The van der Waals surface area contributed by atoms with Crippen LogP contribution in [-0.4, -0.2) is 11.9 Å². The molecule has 7 heteroatoms. The third-order valence-electron chi connectivity index (χ3n) is 9.18. The van der Waals surface area contributed by atoms with Crippen molar-refractivity contribution in [3.05, 3.63) is 99.6 Å². The van der Waals surface area contributed by atoms with E-state index >= 15 is 0 Å². The molecule has 1 fully saturated rings. The molecule has 4 rings (SSSR count). The lowest BCUT2D eigenvalue weighted by atomic mass is 9.77. The van der Waals surface area contributed by atoms with Gasteiger partial charge < -0.3 is 9.47 Å². The molecule has 0 bridgehead atoms. The van der Waals surface area contributed by atoms with Gasteiger partial charge in [-0.25, -0.2) is 9.59 Å². The average molecular weight is 651 g/mol. The van der Waals surface area contributed by atoms with Gasteiger partial charge >= 0.3 is 11.9 Å². The molecule has 0 amide bonds. The Bertz CT molecular complexity index is 1610. The maximum atomic E-state index is 12.8. The number of hydrogen-bond donors (Lipinski definition) is 0. The number of carbonyl (C=O) groups is 2. The molecule has 0 aromatic heterocycles. The van der Waals surface area contributed by atoms with Gasteiger partial charge in [-0.05, 0) is 84.7 Å². The molecule has 1 aliphatic carbocycles. The number of esters is 2. The van der Waals surface area contributed by atoms with Crippen LogP contribution in [0.2, 0.25) is 5.02 Å². The van der Waals surface area contributed by atoms with Gasteiger partial charge in [0.1, 0.15) is 29.2 Å². The second kappa shape index (κ2) is 18.1. The first-order chi connectivity index (χ1) is 22.8. The molecule has 244 valence electrons. The molecule has 0 aliphatic heterocycles. The molecule has 3 aromatic rings. The zero-order valence-corrected chi connectivity index (χ0v) is 28.2. The number of rotatable bonds is 14. The minimum Gasteiger partial charge on any atom is -0.423 e. The van der Waals surface area contributed by atoms with Crippen LogP contribution in [0.15, 0.2) is 72.3 Å². The topological polar surface area (TPSA) is 100 Å². The number of halogens is 1. The summed E-state index contributed by atoms with van der Waals surface area (Å²) in [4.78, 5) is 25.6. The monoisotopic (exact) mass is 650 g/mol. The lowest BCUT2D eigenvalue weighted by Crippen LogP contribution is -2.15. The number of nitriles is 2. The number of nitrogens with zero attached hydrogens (tertiary/aromatic N) is 2. The van der Waals surface area contributed by atoms with Crippen molar-refractivity contribution in [3.63, 3.8) is 0 Å². The Morgan fingerprint density at radius 2 is 1.32 bits per heavy atom. The Balaban J connectivity index is 1.23. The molecule has 1 aliphatic rings. The smallest absolute Gasteiger partial charge is 0.345 e. The summed E-state index contributed by atoms with van der Waals surface area (Å²) in [6.45, 7) is 3.94. The number of hydrogen-bond acceptors (Lipinski definition) is 6. The zero-order chi connectivity index (χ0) is 33.6. The van der Waals surface area contributed by atoms with Gasteiger partial charge in [0.25, 0.3) is 0 Å². The average Bonchev–Trinajstić information content (AvgIpc) is 3.09. The molecule has 6 nitrogen and oxygen atoms in total.